The number of rotatable bonds is 6. The number of carbonyl (C=O) groups is 1. The largest absolute Gasteiger partial charge is 0.303 e. The van der Waals surface area contributed by atoms with Crippen LogP contribution in [0.5, 0.6) is 0 Å². The summed E-state index contributed by atoms with van der Waals surface area (Å²) < 4.78 is 0. The van der Waals surface area contributed by atoms with E-state index in [1.807, 2.05) is 37.3 Å². The van der Waals surface area contributed by atoms with Gasteiger partial charge >= 0.3 is 0 Å². The molecule has 0 radical (unpaired) electrons. The summed E-state index contributed by atoms with van der Waals surface area (Å²) in [7, 11) is 0. The Hall–Kier alpha value is -1.72. The Labute approximate surface area is 154 Å². The average molecular weight is 356 g/mol. The molecular weight excluding hydrogens is 330 g/mol. The molecule has 25 heavy (non-hydrogen) atoms. The normalized spacial score (nSPS) is 15.3. The van der Waals surface area contributed by atoms with Crippen molar-refractivity contribution in [3.8, 4) is 11.4 Å². The van der Waals surface area contributed by atoms with Crippen LogP contribution in [0.4, 0.5) is 0 Å². The van der Waals surface area contributed by atoms with E-state index in [0.29, 0.717) is 11.4 Å². The van der Waals surface area contributed by atoms with Gasteiger partial charge in [0.15, 0.2) is 11.6 Å². The lowest BCUT2D eigenvalue weighted by molar-refractivity contribution is 0.101. The molecule has 0 N–H and O–H groups in total. The van der Waals surface area contributed by atoms with Gasteiger partial charge in [-0.15, -0.1) is 11.8 Å². The van der Waals surface area contributed by atoms with E-state index in [-0.39, 0.29) is 5.78 Å². The van der Waals surface area contributed by atoms with Crippen LogP contribution in [0.3, 0.4) is 0 Å². The number of hydrogen-bond acceptors (Lipinski definition) is 5. The van der Waals surface area contributed by atoms with Crippen LogP contribution in [0.15, 0.2) is 35.4 Å². The summed E-state index contributed by atoms with van der Waals surface area (Å²) in [5, 5.41) is 0.816. The molecule has 2 aromatic rings. The fourth-order valence-electron chi connectivity index (χ4n) is 3.23. The van der Waals surface area contributed by atoms with Crippen molar-refractivity contribution >= 4 is 17.5 Å². The topological polar surface area (TPSA) is 46.1 Å². The van der Waals surface area contributed by atoms with E-state index in [0.717, 1.165) is 28.6 Å². The van der Waals surface area contributed by atoms with Crippen molar-refractivity contribution in [3.63, 3.8) is 0 Å². The molecule has 3 rings (SSSR count). The van der Waals surface area contributed by atoms with Gasteiger partial charge in [-0.2, -0.15) is 0 Å². The minimum Gasteiger partial charge on any atom is -0.303 e. The van der Waals surface area contributed by atoms with E-state index >= 15 is 0 Å². The molecule has 2 heterocycles. The lowest BCUT2D eigenvalue weighted by Gasteiger charge is -2.26. The van der Waals surface area contributed by atoms with Crippen LogP contribution in [-0.2, 0) is 0 Å². The number of likely N-dealkylation sites (tertiary alicyclic amines) is 1. The molecule has 0 saturated carbocycles. The van der Waals surface area contributed by atoms with Crippen LogP contribution in [-0.4, -0.2) is 46.0 Å². The summed E-state index contributed by atoms with van der Waals surface area (Å²) in [6.45, 7) is 6.93. The predicted molar refractivity (Wildman–Crippen MR) is 103 cm³/mol. The van der Waals surface area contributed by atoms with Gasteiger partial charge in [-0.3, -0.25) is 4.79 Å². The van der Waals surface area contributed by atoms with Crippen molar-refractivity contribution in [3.05, 3.63) is 41.6 Å². The Balaban J connectivity index is 1.79. The van der Waals surface area contributed by atoms with Gasteiger partial charge in [0, 0.05) is 17.9 Å². The van der Waals surface area contributed by atoms with Crippen molar-refractivity contribution < 1.29 is 4.79 Å². The number of Topliss-reactive ketones (excluding diaryl/α,β-unsaturated/α-hetero) is 1. The maximum Gasteiger partial charge on any atom is 0.164 e. The first-order valence-corrected chi connectivity index (χ1v) is 9.94. The quantitative estimate of drug-likeness (QED) is 0.441. The van der Waals surface area contributed by atoms with E-state index < -0.39 is 0 Å². The van der Waals surface area contributed by atoms with Gasteiger partial charge in [-0.05, 0) is 39.8 Å². The van der Waals surface area contributed by atoms with Crippen LogP contribution in [0.1, 0.15) is 42.2 Å². The highest BCUT2D eigenvalue weighted by molar-refractivity contribution is 7.99. The van der Waals surface area contributed by atoms with Crippen molar-refractivity contribution in [2.45, 2.75) is 38.1 Å². The third-order valence-corrected chi connectivity index (χ3v) is 5.49. The van der Waals surface area contributed by atoms with Gasteiger partial charge in [0.05, 0.1) is 11.3 Å². The third-order valence-electron chi connectivity index (χ3n) is 4.54. The van der Waals surface area contributed by atoms with Crippen molar-refractivity contribution in [2.75, 3.05) is 25.4 Å². The first kappa shape index (κ1) is 18.1. The second-order valence-corrected chi connectivity index (χ2v) is 7.57. The predicted octanol–water partition coefficient (Wildman–Crippen LogP) is 4.23. The van der Waals surface area contributed by atoms with Crippen molar-refractivity contribution in [1.29, 1.82) is 0 Å². The lowest BCUT2D eigenvalue weighted by atomic mass is 10.1. The molecule has 0 atom stereocenters. The van der Waals surface area contributed by atoms with E-state index in [1.54, 1.807) is 18.7 Å². The monoisotopic (exact) mass is 355 g/mol. The number of carbonyl (C=O) groups excluding carboxylic acids is 1. The molecule has 0 aliphatic carbocycles. The maximum absolute atomic E-state index is 12.1. The van der Waals surface area contributed by atoms with Crippen LogP contribution in [0.2, 0.25) is 0 Å². The first-order chi connectivity index (χ1) is 12.1. The molecule has 1 fully saturated rings. The van der Waals surface area contributed by atoms with Crippen LogP contribution in [0, 0.1) is 6.92 Å². The summed E-state index contributed by atoms with van der Waals surface area (Å²) in [6.07, 6.45) is 3.95. The summed E-state index contributed by atoms with van der Waals surface area (Å²) in [4.78, 5) is 23.9. The highest BCUT2D eigenvalue weighted by atomic mass is 32.2. The fraction of sp³-hybridized carbons (Fsp3) is 0.450. The van der Waals surface area contributed by atoms with Gasteiger partial charge in [-0.1, -0.05) is 36.8 Å². The van der Waals surface area contributed by atoms with E-state index in [2.05, 4.69) is 9.88 Å². The highest BCUT2D eigenvalue weighted by Crippen LogP contribution is 2.27. The molecule has 1 saturated heterocycles. The molecule has 1 aliphatic heterocycles. The number of thioether (sulfide) groups is 1. The zero-order chi connectivity index (χ0) is 17.6. The minimum absolute atomic E-state index is 0.0394. The Kier molecular flexibility index (Phi) is 6.21. The zero-order valence-corrected chi connectivity index (χ0v) is 15.8. The van der Waals surface area contributed by atoms with Gasteiger partial charge in [-0.25, -0.2) is 9.97 Å². The summed E-state index contributed by atoms with van der Waals surface area (Å²) in [5.74, 6) is 1.69. The number of nitrogens with zero attached hydrogens (tertiary/aromatic N) is 3. The summed E-state index contributed by atoms with van der Waals surface area (Å²) in [5.41, 5.74) is 2.42. The molecule has 1 aromatic heterocycles. The van der Waals surface area contributed by atoms with Crippen molar-refractivity contribution in [2.24, 2.45) is 0 Å². The molecule has 4 nitrogen and oxygen atoms in total. The Morgan fingerprint density at radius 1 is 1.12 bits per heavy atom. The molecule has 1 aromatic carbocycles. The molecule has 0 spiro atoms. The molecule has 0 bridgehead atoms. The first-order valence-electron chi connectivity index (χ1n) is 8.95. The standard InChI is InChI=1S/C20H25N3OS/c1-15-18(16(2)24)20(25-14-13-23-11-7-4-8-12-23)22-19(21-15)17-9-5-3-6-10-17/h3,5-6,9-10H,4,7-8,11-14H2,1-2H3. The smallest absolute Gasteiger partial charge is 0.164 e. The second kappa shape index (κ2) is 8.59. The number of aromatic nitrogens is 2. The highest BCUT2D eigenvalue weighted by Gasteiger charge is 2.17. The second-order valence-electron chi connectivity index (χ2n) is 6.49. The molecule has 132 valence electrons. The Bertz CT molecular complexity index is 727. The van der Waals surface area contributed by atoms with Gasteiger partial charge in [0.25, 0.3) is 0 Å². The number of piperidine rings is 1. The molecule has 0 unspecified atom stereocenters. The van der Waals surface area contributed by atoms with Gasteiger partial charge in [0.1, 0.15) is 5.03 Å². The Morgan fingerprint density at radius 2 is 1.84 bits per heavy atom. The number of ketones is 1. The number of hydrogen-bond donors (Lipinski definition) is 0. The average Bonchev–Trinajstić information content (AvgIpc) is 2.62. The van der Waals surface area contributed by atoms with Crippen LogP contribution in [0.25, 0.3) is 11.4 Å². The summed E-state index contributed by atoms with van der Waals surface area (Å²) >= 11 is 1.68. The zero-order valence-electron chi connectivity index (χ0n) is 15.0. The minimum atomic E-state index is 0.0394. The van der Waals surface area contributed by atoms with Crippen molar-refractivity contribution in [1.82, 2.24) is 14.9 Å². The van der Waals surface area contributed by atoms with Gasteiger partial charge in [0.2, 0.25) is 0 Å². The molecular formula is C20H25N3OS. The third kappa shape index (κ3) is 4.67. The SMILES string of the molecule is CC(=O)c1c(C)nc(-c2ccccc2)nc1SCCN1CCCCC1. The lowest BCUT2D eigenvalue weighted by Crippen LogP contribution is -2.31. The molecule has 5 heteroatoms. The summed E-state index contributed by atoms with van der Waals surface area (Å²) in [6, 6.07) is 9.95. The number of benzene rings is 1. The van der Waals surface area contributed by atoms with Crippen LogP contribution < -0.4 is 0 Å². The molecule has 0 amide bonds. The van der Waals surface area contributed by atoms with E-state index in [1.165, 1.54) is 32.4 Å². The van der Waals surface area contributed by atoms with Crippen LogP contribution >= 0.6 is 11.8 Å². The Morgan fingerprint density at radius 3 is 2.52 bits per heavy atom. The van der Waals surface area contributed by atoms with Gasteiger partial charge < -0.3 is 4.90 Å². The van der Waals surface area contributed by atoms with E-state index in [4.69, 9.17) is 4.98 Å². The molecule has 1 aliphatic rings. The fourth-order valence-corrected chi connectivity index (χ4v) is 4.36. The number of aryl methyl sites for hydroxylation is 1. The maximum atomic E-state index is 12.1. The van der Waals surface area contributed by atoms with E-state index in [9.17, 15) is 4.79 Å².